The van der Waals surface area contributed by atoms with E-state index in [-0.39, 0.29) is 6.10 Å². The second kappa shape index (κ2) is 6.36. The lowest BCUT2D eigenvalue weighted by molar-refractivity contribution is 0.0350. The quantitative estimate of drug-likeness (QED) is 0.860. The minimum atomic E-state index is 0.0417. The molecule has 1 aliphatic heterocycles. The molecule has 1 aromatic heterocycles. The van der Waals surface area contributed by atoms with E-state index >= 15 is 0 Å². The third-order valence-electron chi connectivity index (χ3n) is 3.76. The van der Waals surface area contributed by atoms with Crippen LogP contribution in [0.3, 0.4) is 0 Å². The van der Waals surface area contributed by atoms with Crippen molar-refractivity contribution in [2.75, 3.05) is 18.9 Å². The number of benzene rings is 1. The number of ether oxygens (including phenoxy) is 2. The van der Waals surface area contributed by atoms with Gasteiger partial charge in [-0.05, 0) is 44.9 Å². The van der Waals surface area contributed by atoms with Gasteiger partial charge in [-0.3, -0.25) is 0 Å². The summed E-state index contributed by atoms with van der Waals surface area (Å²) in [6.07, 6.45) is 2.10. The van der Waals surface area contributed by atoms with Crippen LogP contribution in [0.5, 0.6) is 5.75 Å². The lowest BCUT2D eigenvalue weighted by Crippen LogP contribution is -2.19. The molecule has 6 nitrogen and oxygen atoms in total. The van der Waals surface area contributed by atoms with Crippen LogP contribution in [0.4, 0.5) is 5.69 Å². The Morgan fingerprint density at radius 1 is 1.32 bits per heavy atom. The van der Waals surface area contributed by atoms with Crippen LogP contribution < -0.4 is 10.5 Å². The Bertz CT molecular complexity index is 654. The van der Waals surface area contributed by atoms with Crippen LogP contribution >= 0.6 is 0 Å². The lowest BCUT2D eigenvalue weighted by atomic mass is 10.1. The van der Waals surface area contributed by atoms with E-state index in [1.54, 1.807) is 0 Å². The Morgan fingerprint density at radius 2 is 2.18 bits per heavy atom. The summed E-state index contributed by atoms with van der Waals surface area (Å²) in [6.45, 7) is 6.10. The van der Waals surface area contributed by atoms with Crippen LogP contribution in [0.2, 0.25) is 0 Å². The van der Waals surface area contributed by atoms with Gasteiger partial charge in [0.15, 0.2) is 11.6 Å². The normalized spacial score (nSPS) is 17.3. The summed E-state index contributed by atoms with van der Waals surface area (Å²) in [6, 6.07) is 5.68. The van der Waals surface area contributed by atoms with Crippen LogP contribution in [0.1, 0.15) is 38.6 Å². The molecule has 22 heavy (non-hydrogen) atoms. The molecule has 0 spiro atoms. The number of rotatable bonds is 5. The molecule has 2 heterocycles. The van der Waals surface area contributed by atoms with Gasteiger partial charge in [-0.15, -0.1) is 0 Å². The zero-order valence-electron chi connectivity index (χ0n) is 13.1. The summed E-state index contributed by atoms with van der Waals surface area (Å²) in [5, 5.41) is 4.60. The summed E-state index contributed by atoms with van der Waals surface area (Å²) >= 11 is 0. The van der Waals surface area contributed by atoms with E-state index < -0.39 is 0 Å². The molecule has 0 aliphatic carbocycles. The van der Waals surface area contributed by atoms with Crippen LogP contribution in [0.15, 0.2) is 18.2 Å². The molecule has 0 bridgehead atoms. The Morgan fingerprint density at radius 3 is 2.91 bits per heavy atom. The number of aryl methyl sites for hydroxylation is 1. The number of nitrogens with two attached hydrogens (primary N) is 1. The minimum Gasteiger partial charge on any atom is -0.492 e. The van der Waals surface area contributed by atoms with Gasteiger partial charge in [0.2, 0.25) is 0 Å². The zero-order valence-corrected chi connectivity index (χ0v) is 13.1. The maximum atomic E-state index is 6.03. The van der Waals surface area contributed by atoms with Gasteiger partial charge in [-0.2, -0.15) is 5.10 Å². The largest absolute Gasteiger partial charge is 0.492 e. The summed E-state index contributed by atoms with van der Waals surface area (Å²) in [5.74, 6) is 2.30. The highest BCUT2D eigenvalue weighted by molar-refractivity contribution is 5.66. The van der Waals surface area contributed by atoms with Crippen molar-refractivity contribution in [2.45, 2.75) is 39.3 Å². The van der Waals surface area contributed by atoms with Gasteiger partial charge in [-0.1, -0.05) is 0 Å². The van der Waals surface area contributed by atoms with E-state index in [0.717, 1.165) is 30.8 Å². The number of fused-ring (bicyclic) bond motifs is 1. The van der Waals surface area contributed by atoms with Gasteiger partial charge >= 0.3 is 0 Å². The molecule has 2 aromatic rings. The molecule has 1 unspecified atom stereocenters. The second-order valence-electron chi connectivity index (χ2n) is 5.29. The van der Waals surface area contributed by atoms with Crippen molar-refractivity contribution >= 4 is 5.69 Å². The fraction of sp³-hybridized carbons (Fsp3) is 0.500. The van der Waals surface area contributed by atoms with Crippen molar-refractivity contribution in [3.8, 4) is 17.1 Å². The maximum absolute atomic E-state index is 6.03. The number of aromatic nitrogens is 3. The monoisotopic (exact) mass is 302 g/mol. The van der Waals surface area contributed by atoms with Gasteiger partial charge in [0.25, 0.3) is 0 Å². The third-order valence-corrected chi connectivity index (χ3v) is 3.76. The fourth-order valence-corrected chi connectivity index (χ4v) is 2.77. The molecule has 0 saturated carbocycles. The molecule has 0 fully saturated rings. The smallest absolute Gasteiger partial charge is 0.181 e. The molecule has 1 aromatic carbocycles. The Hall–Kier alpha value is -2.08. The highest BCUT2D eigenvalue weighted by Gasteiger charge is 2.25. The Kier molecular flexibility index (Phi) is 4.29. The average Bonchev–Trinajstić information content (AvgIpc) is 2.95. The highest BCUT2D eigenvalue weighted by Crippen LogP contribution is 2.31. The predicted octanol–water partition coefficient (Wildman–Crippen LogP) is 2.80. The van der Waals surface area contributed by atoms with Crippen molar-refractivity contribution < 1.29 is 9.47 Å². The first-order valence-electron chi connectivity index (χ1n) is 7.82. The van der Waals surface area contributed by atoms with Crippen molar-refractivity contribution in [1.29, 1.82) is 0 Å². The molecular formula is C16H22N4O2. The highest BCUT2D eigenvalue weighted by atomic mass is 16.5. The first-order chi connectivity index (χ1) is 10.7. The van der Waals surface area contributed by atoms with Crippen LogP contribution in [0, 0.1) is 0 Å². The molecule has 2 N–H and O–H groups in total. The second-order valence-corrected chi connectivity index (χ2v) is 5.29. The standard InChI is InChI=1S/C16H22N4O2/c1-3-21-13-8-7-11(10-12(13)17)15-18-16-14(22-4-2)6-5-9-20(16)19-15/h7-8,10,14H,3-6,9,17H2,1-2H3. The molecule has 1 aliphatic rings. The van der Waals surface area contributed by atoms with Gasteiger partial charge in [-0.25, -0.2) is 9.67 Å². The van der Waals surface area contributed by atoms with E-state index in [4.69, 9.17) is 15.2 Å². The number of nitrogens with zero attached hydrogens (tertiary/aromatic N) is 3. The molecule has 3 rings (SSSR count). The fourth-order valence-electron chi connectivity index (χ4n) is 2.77. The van der Waals surface area contributed by atoms with Gasteiger partial charge in [0, 0.05) is 18.7 Å². The molecule has 6 heteroatoms. The average molecular weight is 302 g/mol. The molecule has 118 valence electrons. The first kappa shape index (κ1) is 14.8. The predicted molar refractivity (Wildman–Crippen MR) is 84.6 cm³/mol. The van der Waals surface area contributed by atoms with Crippen molar-refractivity contribution in [1.82, 2.24) is 14.8 Å². The number of hydrogen-bond acceptors (Lipinski definition) is 5. The van der Waals surface area contributed by atoms with E-state index in [2.05, 4.69) is 10.1 Å². The minimum absolute atomic E-state index is 0.0417. The van der Waals surface area contributed by atoms with Gasteiger partial charge in [0.05, 0.1) is 12.3 Å². The van der Waals surface area contributed by atoms with Gasteiger partial charge < -0.3 is 15.2 Å². The van der Waals surface area contributed by atoms with Crippen molar-refractivity contribution in [2.24, 2.45) is 0 Å². The number of hydrogen-bond donors (Lipinski definition) is 1. The molecule has 0 saturated heterocycles. The SMILES string of the molecule is CCOc1ccc(-c2nc3n(n2)CCCC3OCC)cc1N. The first-order valence-corrected chi connectivity index (χ1v) is 7.82. The van der Waals surface area contributed by atoms with Crippen molar-refractivity contribution in [3.05, 3.63) is 24.0 Å². The van der Waals surface area contributed by atoms with Gasteiger partial charge in [0.1, 0.15) is 11.9 Å². The molecule has 0 radical (unpaired) electrons. The van der Waals surface area contributed by atoms with E-state index in [0.29, 0.717) is 30.5 Å². The lowest BCUT2D eigenvalue weighted by Gasteiger charge is -2.21. The van der Waals surface area contributed by atoms with Crippen molar-refractivity contribution in [3.63, 3.8) is 0 Å². The van der Waals surface area contributed by atoms with Crippen LogP contribution in [-0.2, 0) is 11.3 Å². The molecule has 1 atom stereocenters. The zero-order chi connectivity index (χ0) is 15.5. The Labute approximate surface area is 130 Å². The van der Waals surface area contributed by atoms with E-state index in [1.165, 1.54) is 0 Å². The third kappa shape index (κ3) is 2.78. The van der Waals surface area contributed by atoms with E-state index in [9.17, 15) is 0 Å². The summed E-state index contributed by atoms with van der Waals surface area (Å²) in [5.41, 5.74) is 7.54. The topological polar surface area (TPSA) is 75.2 Å². The summed E-state index contributed by atoms with van der Waals surface area (Å²) in [7, 11) is 0. The van der Waals surface area contributed by atoms with Crippen LogP contribution in [0.25, 0.3) is 11.4 Å². The molecule has 0 amide bonds. The van der Waals surface area contributed by atoms with E-state index in [1.807, 2.05) is 36.7 Å². The Balaban J connectivity index is 1.91. The maximum Gasteiger partial charge on any atom is 0.181 e. The molecular weight excluding hydrogens is 280 g/mol. The summed E-state index contributed by atoms with van der Waals surface area (Å²) < 4.78 is 13.2. The number of anilines is 1. The number of nitrogen functional groups attached to an aromatic ring is 1. The van der Waals surface area contributed by atoms with Crippen LogP contribution in [-0.4, -0.2) is 28.0 Å². The summed E-state index contributed by atoms with van der Waals surface area (Å²) in [4.78, 5) is 4.67.